The summed E-state index contributed by atoms with van der Waals surface area (Å²) in [7, 11) is 0. The van der Waals surface area contributed by atoms with Gasteiger partial charge in [0.05, 0.1) is 5.56 Å². The second-order valence-electron chi connectivity index (χ2n) is 11.0. The van der Waals surface area contributed by atoms with Crippen LogP contribution in [0.15, 0.2) is 29.0 Å². The van der Waals surface area contributed by atoms with Crippen LogP contribution < -0.4 is 0 Å². The van der Waals surface area contributed by atoms with Crippen molar-refractivity contribution in [2.24, 2.45) is 22.7 Å². The molecule has 8 nitrogen and oxygen atoms in total. The Morgan fingerprint density at radius 1 is 1.03 bits per heavy atom. The van der Waals surface area contributed by atoms with Gasteiger partial charge >= 0.3 is 0 Å². The van der Waals surface area contributed by atoms with Crippen LogP contribution in [0, 0.1) is 22.7 Å². The number of carbonyl (C=O) groups excluding carboxylic acids is 4. The van der Waals surface area contributed by atoms with E-state index in [4.69, 9.17) is 0 Å². The number of aromatic hydroxyl groups is 1. The number of hydrogen-bond acceptors (Lipinski definition) is 8. The molecule has 1 fully saturated rings. The maximum atomic E-state index is 14.1. The molecular weight excluding hydrogens is 452 g/mol. The van der Waals surface area contributed by atoms with E-state index in [1.54, 1.807) is 27.7 Å². The first kappa shape index (κ1) is 24.9. The normalized spacial score (nSPS) is 32.4. The van der Waals surface area contributed by atoms with Crippen LogP contribution in [0.3, 0.4) is 0 Å². The maximum absolute atomic E-state index is 14.1. The fraction of sp³-hybridized carbons (Fsp3) is 0.481. The molecule has 1 unspecified atom stereocenters. The lowest BCUT2D eigenvalue weighted by Gasteiger charge is -2.59. The van der Waals surface area contributed by atoms with Gasteiger partial charge in [-0.25, -0.2) is 0 Å². The van der Waals surface area contributed by atoms with Crippen molar-refractivity contribution in [3.8, 4) is 5.75 Å². The van der Waals surface area contributed by atoms with Gasteiger partial charge in [0.25, 0.3) is 0 Å². The Hall–Kier alpha value is -3.26. The van der Waals surface area contributed by atoms with E-state index in [0.717, 1.165) is 6.92 Å². The SMILES string of the molecule is CC(=O)C1=C(O)[C@]2(O)C(=O)C3=C(O)c4c(O)ccc(C(C)=O)c4C[C@]3(C)C[C@]2(C)C(C(C)C)C1=O. The molecule has 0 radical (unpaired) electrons. The molecule has 186 valence electrons. The van der Waals surface area contributed by atoms with Crippen LogP contribution in [0.2, 0.25) is 0 Å². The van der Waals surface area contributed by atoms with Gasteiger partial charge in [0.1, 0.15) is 22.8 Å². The summed E-state index contributed by atoms with van der Waals surface area (Å²) in [5, 5.41) is 44.9. The van der Waals surface area contributed by atoms with E-state index in [1.807, 2.05) is 0 Å². The van der Waals surface area contributed by atoms with E-state index < -0.39 is 62.7 Å². The van der Waals surface area contributed by atoms with E-state index in [2.05, 4.69) is 0 Å². The van der Waals surface area contributed by atoms with Crippen LogP contribution in [0.25, 0.3) is 5.76 Å². The van der Waals surface area contributed by atoms with E-state index >= 15 is 0 Å². The van der Waals surface area contributed by atoms with Gasteiger partial charge in [-0.05, 0) is 50.3 Å². The summed E-state index contributed by atoms with van der Waals surface area (Å²) in [6, 6.07) is 2.70. The minimum atomic E-state index is -2.65. The third-order valence-corrected chi connectivity index (χ3v) is 8.27. The van der Waals surface area contributed by atoms with Gasteiger partial charge in [-0.3, -0.25) is 19.2 Å². The highest BCUT2D eigenvalue weighted by Gasteiger charge is 2.72. The average Bonchev–Trinajstić information content (AvgIpc) is 2.69. The predicted octanol–water partition coefficient (Wildman–Crippen LogP) is 3.39. The predicted molar refractivity (Wildman–Crippen MR) is 126 cm³/mol. The highest BCUT2D eigenvalue weighted by Crippen LogP contribution is 2.65. The van der Waals surface area contributed by atoms with Crippen molar-refractivity contribution >= 4 is 28.9 Å². The number of phenolic OH excluding ortho intramolecular Hbond substituents is 1. The third-order valence-electron chi connectivity index (χ3n) is 8.27. The number of hydrogen-bond donors (Lipinski definition) is 4. The molecular formula is C27H30O8. The lowest BCUT2D eigenvalue weighted by molar-refractivity contribution is -0.178. The molecule has 0 saturated heterocycles. The summed E-state index contributed by atoms with van der Waals surface area (Å²) in [5.74, 6) is -6.04. The first-order chi connectivity index (χ1) is 16.0. The van der Waals surface area contributed by atoms with Crippen LogP contribution in [-0.2, 0) is 20.8 Å². The fourth-order valence-corrected chi connectivity index (χ4v) is 7.05. The van der Waals surface area contributed by atoms with Gasteiger partial charge in [0, 0.05) is 27.9 Å². The van der Waals surface area contributed by atoms with E-state index in [9.17, 15) is 39.6 Å². The van der Waals surface area contributed by atoms with Crippen molar-refractivity contribution in [3.63, 3.8) is 0 Å². The topological polar surface area (TPSA) is 149 Å². The molecule has 0 amide bonds. The summed E-state index contributed by atoms with van der Waals surface area (Å²) in [5.41, 5.74) is -5.57. The lowest BCUT2D eigenvalue weighted by Crippen LogP contribution is -2.69. The molecule has 0 heterocycles. The highest BCUT2D eigenvalue weighted by molar-refractivity contribution is 6.24. The molecule has 4 rings (SSSR count). The van der Waals surface area contributed by atoms with Crippen LogP contribution in [0.5, 0.6) is 5.75 Å². The third kappa shape index (κ3) is 2.89. The second kappa shape index (κ2) is 7.37. The first-order valence-corrected chi connectivity index (χ1v) is 11.6. The van der Waals surface area contributed by atoms with Crippen molar-refractivity contribution in [1.29, 1.82) is 0 Å². The number of phenols is 1. The summed E-state index contributed by atoms with van der Waals surface area (Å²) in [4.78, 5) is 52.2. The molecule has 0 aliphatic heterocycles. The van der Waals surface area contributed by atoms with Crippen LogP contribution in [-0.4, -0.2) is 49.2 Å². The molecule has 0 aromatic heterocycles. The molecule has 1 aromatic rings. The minimum Gasteiger partial charge on any atom is -0.508 e. The maximum Gasteiger partial charge on any atom is 0.203 e. The van der Waals surface area contributed by atoms with Crippen molar-refractivity contribution in [2.45, 2.75) is 60.0 Å². The van der Waals surface area contributed by atoms with Crippen molar-refractivity contribution in [1.82, 2.24) is 0 Å². The fourth-order valence-electron chi connectivity index (χ4n) is 7.05. The Labute approximate surface area is 203 Å². The average molecular weight is 483 g/mol. The first-order valence-electron chi connectivity index (χ1n) is 11.6. The smallest absolute Gasteiger partial charge is 0.203 e. The molecule has 4 atom stereocenters. The number of carbonyl (C=O) groups is 4. The minimum absolute atomic E-state index is 0.0160. The summed E-state index contributed by atoms with van der Waals surface area (Å²) in [6.07, 6.45) is 0.0589. The van der Waals surface area contributed by atoms with Gasteiger partial charge in [0.2, 0.25) is 5.78 Å². The van der Waals surface area contributed by atoms with Gasteiger partial charge in [-0.15, -0.1) is 0 Å². The number of fused-ring (bicyclic) bond motifs is 3. The van der Waals surface area contributed by atoms with Gasteiger partial charge in [0.15, 0.2) is 23.0 Å². The summed E-state index contributed by atoms with van der Waals surface area (Å²) >= 11 is 0. The number of Topliss-reactive ketones (excluding diaryl/α,β-unsaturated/α-hetero) is 4. The Bertz CT molecular complexity index is 1300. The molecule has 0 bridgehead atoms. The number of aliphatic hydroxyl groups excluding tert-OH is 2. The zero-order valence-corrected chi connectivity index (χ0v) is 20.6. The zero-order valence-electron chi connectivity index (χ0n) is 20.6. The van der Waals surface area contributed by atoms with Crippen LogP contribution in [0.1, 0.15) is 69.4 Å². The number of aliphatic hydroxyl groups is 3. The van der Waals surface area contributed by atoms with Crippen molar-refractivity contribution in [3.05, 3.63) is 45.7 Å². The summed E-state index contributed by atoms with van der Waals surface area (Å²) in [6.45, 7) is 9.17. The second-order valence-corrected chi connectivity index (χ2v) is 11.0. The molecule has 35 heavy (non-hydrogen) atoms. The van der Waals surface area contributed by atoms with Crippen LogP contribution >= 0.6 is 0 Å². The number of allylic oxidation sites excluding steroid dienone is 1. The standard InChI is InChI=1S/C27H30O8/c1-11(2)19-21(31)17(13(4)29)23(33)27(35)24(34)20-22(32)18-15(9-25(20,5)10-26(19,27)6)14(12(3)28)7-8-16(18)30/h7-8,11,19,30,32-33,35H,9-10H2,1-6H3/t19?,25-,26-,27+/m1/s1. The number of rotatable bonds is 3. The van der Waals surface area contributed by atoms with Gasteiger partial charge in [-0.2, -0.15) is 0 Å². The lowest BCUT2D eigenvalue weighted by atomic mass is 9.43. The Kier molecular flexibility index (Phi) is 5.23. The molecule has 3 aliphatic rings. The molecule has 1 aromatic carbocycles. The van der Waals surface area contributed by atoms with Crippen molar-refractivity contribution < 1.29 is 39.6 Å². The molecule has 0 spiro atoms. The van der Waals surface area contributed by atoms with Gasteiger partial charge < -0.3 is 20.4 Å². The molecule has 1 saturated carbocycles. The Balaban J connectivity index is 2.11. The molecule has 4 N–H and O–H groups in total. The molecule has 3 aliphatic carbocycles. The highest BCUT2D eigenvalue weighted by atomic mass is 16.3. The van der Waals surface area contributed by atoms with E-state index in [1.165, 1.54) is 19.1 Å². The summed E-state index contributed by atoms with van der Waals surface area (Å²) < 4.78 is 0. The van der Waals surface area contributed by atoms with Gasteiger partial charge in [-0.1, -0.05) is 27.7 Å². The largest absolute Gasteiger partial charge is 0.508 e. The van der Waals surface area contributed by atoms with Crippen molar-refractivity contribution in [2.75, 3.05) is 0 Å². The monoisotopic (exact) mass is 482 g/mol. The Morgan fingerprint density at radius 3 is 2.14 bits per heavy atom. The van der Waals surface area contributed by atoms with E-state index in [0.29, 0.717) is 5.56 Å². The number of benzene rings is 1. The van der Waals surface area contributed by atoms with E-state index in [-0.39, 0.29) is 41.1 Å². The van der Waals surface area contributed by atoms with Crippen LogP contribution in [0.4, 0.5) is 0 Å². The zero-order chi connectivity index (χ0) is 26.4. The Morgan fingerprint density at radius 2 is 1.63 bits per heavy atom. The molecule has 8 heteroatoms. The quantitative estimate of drug-likeness (QED) is 0.378. The number of ketones is 4.